The zero-order valence-corrected chi connectivity index (χ0v) is 10.7. The molecule has 0 atom stereocenters. The Morgan fingerprint density at radius 2 is 2.27 bits per heavy atom. The topological polar surface area (TPSA) is 24.9 Å². The first-order valence-corrected chi connectivity index (χ1v) is 6.66. The van der Waals surface area contributed by atoms with E-state index < -0.39 is 0 Å². The molecular weight excluding hydrogens is 204 g/mol. The molecule has 0 aliphatic heterocycles. The summed E-state index contributed by atoms with van der Waals surface area (Å²) >= 11 is 1.84. The molecule has 3 heteroatoms. The summed E-state index contributed by atoms with van der Waals surface area (Å²) in [7, 11) is 0. The maximum atomic E-state index is 4.72. The lowest BCUT2D eigenvalue weighted by Crippen LogP contribution is -2.25. The number of thiazole rings is 1. The van der Waals surface area contributed by atoms with Crippen molar-refractivity contribution in [3.05, 3.63) is 16.1 Å². The van der Waals surface area contributed by atoms with Crippen molar-refractivity contribution in [1.82, 2.24) is 10.3 Å². The van der Waals surface area contributed by atoms with Gasteiger partial charge in [-0.05, 0) is 12.8 Å². The van der Waals surface area contributed by atoms with Gasteiger partial charge < -0.3 is 5.32 Å². The highest BCUT2D eigenvalue weighted by Crippen LogP contribution is 2.48. The van der Waals surface area contributed by atoms with Crippen LogP contribution < -0.4 is 5.32 Å². The van der Waals surface area contributed by atoms with Crippen LogP contribution in [0, 0.1) is 0 Å². The Morgan fingerprint density at radius 3 is 2.87 bits per heavy atom. The van der Waals surface area contributed by atoms with Crippen LogP contribution in [-0.2, 0) is 11.8 Å². The Morgan fingerprint density at radius 1 is 1.53 bits per heavy atom. The van der Waals surface area contributed by atoms with Crippen LogP contribution in [0.15, 0.2) is 5.38 Å². The summed E-state index contributed by atoms with van der Waals surface area (Å²) in [6.07, 6.45) is 3.71. The van der Waals surface area contributed by atoms with Crippen LogP contribution in [0.4, 0.5) is 0 Å². The summed E-state index contributed by atoms with van der Waals surface area (Å²) in [4.78, 5) is 4.72. The van der Waals surface area contributed by atoms with E-state index in [1.54, 1.807) is 0 Å². The summed E-state index contributed by atoms with van der Waals surface area (Å²) in [6, 6.07) is 0.573. The quantitative estimate of drug-likeness (QED) is 0.832. The minimum Gasteiger partial charge on any atom is -0.314 e. The van der Waals surface area contributed by atoms with E-state index in [2.05, 4.69) is 31.5 Å². The fourth-order valence-corrected chi connectivity index (χ4v) is 2.67. The van der Waals surface area contributed by atoms with Crippen LogP contribution in [0.3, 0.4) is 0 Å². The van der Waals surface area contributed by atoms with Crippen molar-refractivity contribution in [1.29, 1.82) is 0 Å². The van der Waals surface area contributed by atoms with E-state index in [1.165, 1.54) is 23.5 Å². The third-order valence-electron chi connectivity index (χ3n) is 3.00. The molecule has 1 fully saturated rings. The first-order valence-electron chi connectivity index (χ1n) is 5.78. The maximum absolute atomic E-state index is 4.72. The number of hydrogen-bond donors (Lipinski definition) is 1. The van der Waals surface area contributed by atoms with Crippen molar-refractivity contribution in [2.45, 2.75) is 51.5 Å². The lowest BCUT2D eigenvalue weighted by atomic mass is 10.2. The van der Waals surface area contributed by atoms with Gasteiger partial charge in [0.2, 0.25) is 0 Å². The smallest absolute Gasteiger partial charge is 0.0987 e. The Balaban J connectivity index is 1.85. The molecule has 84 valence electrons. The van der Waals surface area contributed by atoms with Gasteiger partial charge in [-0.2, -0.15) is 0 Å². The van der Waals surface area contributed by atoms with E-state index in [0.29, 0.717) is 11.5 Å². The Bertz CT molecular complexity index is 326. The first kappa shape index (κ1) is 11.1. The first-order chi connectivity index (χ1) is 7.10. The molecule has 2 nitrogen and oxygen atoms in total. The molecule has 0 aromatic carbocycles. The van der Waals surface area contributed by atoms with Crippen LogP contribution in [0.1, 0.15) is 44.3 Å². The highest BCUT2D eigenvalue weighted by molar-refractivity contribution is 7.09. The average molecular weight is 224 g/mol. The maximum Gasteiger partial charge on any atom is 0.0987 e. The van der Waals surface area contributed by atoms with E-state index >= 15 is 0 Å². The second-order valence-electron chi connectivity index (χ2n) is 5.06. The van der Waals surface area contributed by atoms with Gasteiger partial charge in [-0.15, -0.1) is 11.3 Å². The van der Waals surface area contributed by atoms with E-state index in [4.69, 9.17) is 4.98 Å². The number of rotatable bonds is 5. The monoisotopic (exact) mass is 224 g/mol. The molecule has 2 rings (SSSR count). The summed E-state index contributed by atoms with van der Waals surface area (Å²) in [5, 5.41) is 6.99. The van der Waals surface area contributed by atoms with Gasteiger partial charge in [-0.1, -0.05) is 20.8 Å². The van der Waals surface area contributed by atoms with Crippen LogP contribution >= 0.6 is 11.3 Å². The number of nitrogens with zero attached hydrogens (tertiary/aromatic N) is 1. The molecule has 1 aliphatic carbocycles. The lowest BCUT2D eigenvalue weighted by molar-refractivity contribution is 0.587. The van der Waals surface area contributed by atoms with Gasteiger partial charge >= 0.3 is 0 Å². The molecule has 0 saturated heterocycles. The second kappa shape index (κ2) is 4.22. The van der Waals surface area contributed by atoms with Gasteiger partial charge in [0.25, 0.3) is 0 Å². The standard InChI is InChI=1S/C12H20N2S/c1-9(2)13-7-4-10-8-15-11(14-10)12(3)5-6-12/h8-9,13H,4-7H2,1-3H3. The van der Waals surface area contributed by atoms with Crippen LogP contribution in [0.25, 0.3) is 0 Å². The lowest BCUT2D eigenvalue weighted by Gasteiger charge is -2.06. The molecule has 0 unspecified atom stereocenters. The number of aromatic nitrogens is 1. The molecule has 0 amide bonds. The Hall–Kier alpha value is -0.410. The molecule has 1 N–H and O–H groups in total. The predicted octanol–water partition coefficient (Wildman–Crippen LogP) is 2.74. The van der Waals surface area contributed by atoms with Crippen molar-refractivity contribution >= 4 is 11.3 Å². The second-order valence-corrected chi connectivity index (χ2v) is 5.92. The average Bonchev–Trinajstić information content (AvgIpc) is 2.76. The molecule has 1 aliphatic rings. The minimum absolute atomic E-state index is 0.439. The van der Waals surface area contributed by atoms with Gasteiger partial charge in [0.1, 0.15) is 0 Å². The summed E-state index contributed by atoms with van der Waals surface area (Å²) in [6.45, 7) is 7.72. The highest BCUT2D eigenvalue weighted by atomic mass is 32.1. The molecule has 15 heavy (non-hydrogen) atoms. The number of nitrogens with one attached hydrogen (secondary N) is 1. The third-order valence-corrected chi connectivity index (χ3v) is 4.20. The SMILES string of the molecule is CC(C)NCCc1csc(C2(C)CC2)n1. The van der Waals surface area contributed by atoms with Gasteiger partial charge in [-0.25, -0.2) is 4.98 Å². The Labute approximate surface area is 96.1 Å². The summed E-state index contributed by atoms with van der Waals surface area (Å²) < 4.78 is 0. The summed E-state index contributed by atoms with van der Waals surface area (Å²) in [5.74, 6) is 0. The predicted molar refractivity (Wildman–Crippen MR) is 65.5 cm³/mol. The molecular formula is C12H20N2S. The normalized spacial score (nSPS) is 18.4. The van der Waals surface area contributed by atoms with E-state index in [0.717, 1.165) is 13.0 Å². The van der Waals surface area contributed by atoms with Gasteiger partial charge in [-0.3, -0.25) is 0 Å². The van der Waals surface area contributed by atoms with Crippen LogP contribution in [0.5, 0.6) is 0 Å². The molecule has 1 saturated carbocycles. The minimum atomic E-state index is 0.439. The Kier molecular flexibility index (Phi) is 3.12. The molecule has 0 spiro atoms. The number of hydrogen-bond acceptors (Lipinski definition) is 3. The third kappa shape index (κ3) is 2.79. The van der Waals surface area contributed by atoms with Gasteiger partial charge in [0.15, 0.2) is 0 Å². The van der Waals surface area contributed by atoms with Crippen molar-refractivity contribution in [2.24, 2.45) is 0 Å². The molecule has 1 aromatic rings. The van der Waals surface area contributed by atoms with Gasteiger partial charge in [0.05, 0.1) is 10.7 Å². The fraction of sp³-hybridized carbons (Fsp3) is 0.750. The molecule has 0 radical (unpaired) electrons. The zero-order chi connectivity index (χ0) is 10.9. The molecule has 1 aromatic heterocycles. The van der Waals surface area contributed by atoms with E-state index in [9.17, 15) is 0 Å². The largest absolute Gasteiger partial charge is 0.314 e. The van der Waals surface area contributed by atoms with Crippen molar-refractivity contribution in [3.63, 3.8) is 0 Å². The highest BCUT2D eigenvalue weighted by Gasteiger charge is 2.41. The van der Waals surface area contributed by atoms with Crippen LogP contribution in [0.2, 0.25) is 0 Å². The zero-order valence-electron chi connectivity index (χ0n) is 9.84. The summed E-state index contributed by atoms with van der Waals surface area (Å²) in [5.41, 5.74) is 1.70. The molecule has 0 bridgehead atoms. The van der Waals surface area contributed by atoms with Crippen LogP contribution in [-0.4, -0.2) is 17.6 Å². The van der Waals surface area contributed by atoms with Gasteiger partial charge in [0, 0.05) is 29.8 Å². The fourth-order valence-electron chi connectivity index (χ4n) is 1.59. The van der Waals surface area contributed by atoms with E-state index in [-0.39, 0.29) is 0 Å². The molecule has 1 heterocycles. The van der Waals surface area contributed by atoms with Crippen molar-refractivity contribution < 1.29 is 0 Å². The van der Waals surface area contributed by atoms with Crippen molar-refractivity contribution in [3.8, 4) is 0 Å². The van der Waals surface area contributed by atoms with E-state index in [1.807, 2.05) is 11.3 Å². The van der Waals surface area contributed by atoms with Crippen molar-refractivity contribution in [2.75, 3.05) is 6.54 Å².